The highest BCUT2D eigenvalue weighted by Gasteiger charge is 2.33. The molecule has 0 aromatic rings. The van der Waals surface area contributed by atoms with Gasteiger partial charge >= 0.3 is 12.0 Å². The van der Waals surface area contributed by atoms with E-state index in [2.05, 4.69) is 17.6 Å². The summed E-state index contributed by atoms with van der Waals surface area (Å²) in [6.07, 6.45) is 7.44. The van der Waals surface area contributed by atoms with E-state index in [1.807, 2.05) is 0 Å². The van der Waals surface area contributed by atoms with E-state index in [1.54, 1.807) is 0 Å². The van der Waals surface area contributed by atoms with Crippen molar-refractivity contribution in [1.29, 1.82) is 0 Å². The third-order valence-corrected chi connectivity index (χ3v) is 4.99. The standard InChI is InChI=1S/C15H26N2O3/c1-15(7-2-3-8-15)10-17-14(20)16-9-11-5-4-6-12(11)13(18)19/h11-12H,2-10H2,1H3,(H,18,19)(H2,16,17,20). The van der Waals surface area contributed by atoms with Gasteiger partial charge in [-0.1, -0.05) is 26.2 Å². The van der Waals surface area contributed by atoms with Gasteiger partial charge in [-0.15, -0.1) is 0 Å². The Kier molecular flexibility index (Phi) is 4.89. The average Bonchev–Trinajstić information content (AvgIpc) is 3.03. The fourth-order valence-corrected chi connectivity index (χ4v) is 3.59. The van der Waals surface area contributed by atoms with E-state index in [9.17, 15) is 9.59 Å². The molecule has 0 spiro atoms. The number of rotatable bonds is 5. The summed E-state index contributed by atoms with van der Waals surface area (Å²) in [7, 11) is 0. The first-order valence-corrected chi connectivity index (χ1v) is 7.75. The lowest BCUT2D eigenvalue weighted by Crippen LogP contribution is -2.43. The van der Waals surface area contributed by atoms with Crippen molar-refractivity contribution in [2.75, 3.05) is 13.1 Å². The molecule has 0 radical (unpaired) electrons. The Hall–Kier alpha value is -1.26. The molecule has 2 amide bonds. The molecule has 3 N–H and O–H groups in total. The number of carbonyl (C=O) groups is 2. The third kappa shape index (κ3) is 3.87. The lowest BCUT2D eigenvalue weighted by Gasteiger charge is -2.24. The molecule has 0 aromatic carbocycles. The minimum atomic E-state index is -0.729. The fourth-order valence-electron chi connectivity index (χ4n) is 3.59. The van der Waals surface area contributed by atoms with Crippen LogP contribution in [0, 0.1) is 17.3 Å². The van der Waals surface area contributed by atoms with Gasteiger partial charge < -0.3 is 15.7 Å². The first kappa shape index (κ1) is 15.1. The summed E-state index contributed by atoms with van der Waals surface area (Å²) in [5, 5.41) is 14.9. The summed E-state index contributed by atoms with van der Waals surface area (Å²) in [6.45, 7) is 3.41. The van der Waals surface area contributed by atoms with Gasteiger partial charge in [0.25, 0.3) is 0 Å². The van der Waals surface area contributed by atoms with E-state index in [0.29, 0.717) is 13.1 Å². The summed E-state index contributed by atoms with van der Waals surface area (Å²) in [4.78, 5) is 22.9. The maximum atomic E-state index is 11.8. The highest BCUT2D eigenvalue weighted by atomic mass is 16.4. The lowest BCUT2D eigenvalue weighted by atomic mass is 9.89. The molecule has 2 aliphatic rings. The van der Waals surface area contributed by atoms with Crippen LogP contribution in [-0.4, -0.2) is 30.2 Å². The van der Waals surface area contributed by atoms with Crippen LogP contribution in [0.2, 0.25) is 0 Å². The molecular formula is C15H26N2O3. The second-order valence-corrected chi connectivity index (χ2v) is 6.72. The van der Waals surface area contributed by atoms with Gasteiger partial charge in [0.2, 0.25) is 0 Å². The zero-order valence-corrected chi connectivity index (χ0v) is 12.3. The quantitative estimate of drug-likeness (QED) is 0.724. The molecule has 0 heterocycles. The molecule has 2 saturated carbocycles. The van der Waals surface area contributed by atoms with Crippen molar-refractivity contribution >= 4 is 12.0 Å². The first-order chi connectivity index (χ1) is 9.50. The van der Waals surface area contributed by atoms with Crippen molar-refractivity contribution in [3.63, 3.8) is 0 Å². The number of aliphatic carboxylic acids is 1. The molecule has 114 valence electrons. The molecule has 5 nitrogen and oxygen atoms in total. The predicted molar refractivity (Wildman–Crippen MR) is 76.4 cm³/mol. The number of nitrogens with one attached hydrogen (secondary N) is 2. The zero-order chi connectivity index (χ0) is 14.6. The average molecular weight is 282 g/mol. The molecule has 0 aromatic heterocycles. The van der Waals surface area contributed by atoms with E-state index in [0.717, 1.165) is 19.3 Å². The van der Waals surface area contributed by atoms with Crippen LogP contribution in [0.1, 0.15) is 51.9 Å². The highest BCUT2D eigenvalue weighted by Crippen LogP contribution is 2.36. The van der Waals surface area contributed by atoms with Crippen LogP contribution in [0.15, 0.2) is 0 Å². The van der Waals surface area contributed by atoms with Crippen LogP contribution in [0.5, 0.6) is 0 Å². The van der Waals surface area contributed by atoms with Crippen molar-refractivity contribution < 1.29 is 14.7 Å². The molecule has 20 heavy (non-hydrogen) atoms. The highest BCUT2D eigenvalue weighted by molar-refractivity contribution is 5.74. The Balaban J connectivity index is 1.68. The molecule has 2 unspecified atom stereocenters. The number of carboxylic acids is 1. The molecule has 0 saturated heterocycles. The summed E-state index contributed by atoms with van der Waals surface area (Å²) < 4.78 is 0. The smallest absolute Gasteiger partial charge is 0.314 e. The Morgan fingerprint density at radius 1 is 1.15 bits per heavy atom. The van der Waals surface area contributed by atoms with Gasteiger partial charge in [0, 0.05) is 13.1 Å². The van der Waals surface area contributed by atoms with Crippen LogP contribution >= 0.6 is 0 Å². The molecule has 2 aliphatic carbocycles. The van der Waals surface area contributed by atoms with Crippen LogP contribution in [-0.2, 0) is 4.79 Å². The van der Waals surface area contributed by atoms with E-state index in [-0.39, 0.29) is 23.3 Å². The van der Waals surface area contributed by atoms with E-state index < -0.39 is 5.97 Å². The summed E-state index contributed by atoms with van der Waals surface area (Å²) in [5.41, 5.74) is 0.244. The second-order valence-electron chi connectivity index (χ2n) is 6.72. The van der Waals surface area contributed by atoms with Gasteiger partial charge in [-0.25, -0.2) is 4.79 Å². The van der Waals surface area contributed by atoms with Gasteiger partial charge in [0.1, 0.15) is 0 Å². The molecule has 2 atom stereocenters. The normalized spacial score (nSPS) is 28.2. The maximum absolute atomic E-state index is 11.8. The number of hydrogen-bond donors (Lipinski definition) is 3. The Bertz CT molecular complexity index is 364. The van der Waals surface area contributed by atoms with Gasteiger partial charge in [-0.05, 0) is 37.0 Å². The number of carbonyl (C=O) groups excluding carboxylic acids is 1. The lowest BCUT2D eigenvalue weighted by molar-refractivity contribution is -0.142. The van der Waals surface area contributed by atoms with Gasteiger partial charge in [0.15, 0.2) is 0 Å². The predicted octanol–water partition coefficient (Wildman–Crippen LogP) is 2.37. The Morgan fingerprint density at radius 2 is 1.85 bits per heavy atom. The Morgan fingerprint density at radius 3 is 2.50 bits per heavy atom. The van der Waals surface area contributed by atoms with Crippen molar-refractivity contribution in [2.24, 2.45) is 17.3 Å². The zero-order valence-electron chi connectivity index (χ0n) is 12.3. The molecular weight excluding hydrogens is 256 g/mol. The summed E-state index contributed by atoms with van der Waals surface area (Å²) in [5.74, 6) is -0.934. The number of carboxylic acid groups (broad SMARTS) is 1. The molecule has 5 heteroatoms. The van der Waals surface area contributed by atoms with Gasteiger partial charge in [0.05, 0.1) is 5.92 Å². The summed E-state index contributed by atoms with van der Waals surface area (Å²) in [6, 6.07) is -0.158. The second kappa shape index (κ2) is 6.46. The van der Waals surface area contributed by atoms with E-state index in [1.165, 1.54) is 25.7 Å². The number of urea groups is 1. The van der Waals surface area contributed by atoms with Crippen LogP contribution in [0.25, 0.3) is 0 Å². The third-order valence-electron chi connectivity index (χ3n) is 4.99. The minimum absolute atomic E-state index is 0.0836. The number of amides is 2. The van der Waals surface area contributed by atoms with Gasteiger partial charge in [-0.2, -0.15) is 0 Å². The topological polar surface area (TPSA) is 78.4 Å². The van der Waals surface area contributed by atoms with E-state index >= 15 is 0 Å². The van der Waals surface area contributed by atoms with Crippen LogP contribution < -0.4 is 10.6 Å². The largest absolute Gasteiger partial charge is 0.481 e. The maximum Gasteiger partial charge on any atom is 0.314 e. The minimum Gasteiger partial charge on any atom is -0.481 e. The van der Waals surface area contributed by atoms with Crippen LogP contribution in [0.3, 0.4) is 0 Å². The number of hydrogen-bond acceptors (Lipinski definition) is 2. The van der Waals surface area contributed by atoms with Gasteiger partial charge in [-0.3, -0.25) is 4.79 Å². The molecule has 2 rings (SSSR count). The molecule has 0 aliphatic heterocycles. The monoisotopic (exact) mass is 282 g/mol. The fraction of sp³-hybridized carbons (Fsp3) is 0.867. The first-order valence-electron chi connectivity index (χ1n) is 7.75. The SMILES string of the molecule is CC1(CNC(=O)NCC2CCCC2C(=O)O)CCCC1. The van der Waals surface area contributed by atoms with Crippen LogP contribution in [0.4, 0.5) is 4.79 Å². The summed E-state index contributed by atoms with van der Waals surface area (Å²) >= 11 is 0. The van der Waals surface area contributed by atoms with Crippen molar-refractivity contribution in [2.45, 2.75) is 51.9 Å². The molecule has 0 bridgehead atoms. The Labute approximate surface area is 120 Å². The van der Waals surface area contributed by atoms with Crippen molar-refractivity contribution in [3.05, 3.63) is 0 Å². The van der Waals surface area contributed by atoms with Crippen molar-refractivity contribution in [3.8, 4) is 0 Å². The van der Waals surface area contributed by atoms with Crippen molar-refractivity contribution in [1.82, 2.24) is 10.6 Å². The van der Waals surface area contributed by atoms with E-state index in [4.69, 9.17) is 5.11 Å². The molecule has 2 fully saturated rings.